The molecule has 2 aromatic rings. The van der Waals surface area contributed by atoms with Gasteiger partial charge < -0.3 is 0 Å². The minimum absolute atomic E-state index is 0.121. The van der Waals surface area contributed by atoms with Crippen LogP contribution in [-0.2, 0) is 22.0 Å². The van der Waals surface area contributed by atoms with Crippen LogP contribution in [-0.4, -0.2) is 29.9 Å². The van der Waals surface area contributed by atoms with E-state index >= 15 is 0 Å². The largest absolute Gasteiger partial charge is 0.434 e. The first kappa shape index (κ1) is 14.4. The molecule has 0 saturated heterocycles. The first-order valence-electron chi connectivity index (χ1n) is 5.73. The average molecular weight is 329 g/mol. The van der Waals surface area contributed by atoms with E-state index in [1.807, 2.05) is 0 Å². The zero-order valence-corrected chi connectivity index (χ0v) is 11.4. The van der Waals surface area contributed by atoms with Crippen molar-refractivity contribution in [3.8, 4) is 11.3 Å². The second kappa shape index (κ2) is 5.02. The van der Waals surface area contributed by atoms with Crippen LogP contribution < -0.4 is 4.72 Å². The van der Waals surface area contributed by atoms with Gasteiger partial charge in [-0.3, -0.25) is 14.5 Å². The van der Waals surface area contributed by atoms with E-state index in [1.54, 1.807) is 0 Å². The van der Waals surface area contributed by atoms with Crippen LogP contribution in [0.1, 0.15) is 5.69 Å². The summed E-state index contributed by atoms with van der Waals surface area (Å²) in [4.78, 5) is 18.1. The fourth-order valence-electron chi connectivity index (χ4n) is 1.69. The summed E-state index contributed by atoms with van der Waals surface area (Å²) in [5.74, 6) is -0.514. The van der Waals surface area contributed by atoms with Gasteiger partial charge in [0, 0.05) is 17.8 Å². The van der Waals surface area contributed by atoms with Gasteiger partial charge in [0.05, 0.1) is 24.3 Å². The number of carbonyl (C=O) groups excluding carboxylic acids is 1. The van der Waals surface area contributed by atoms with Crippen molar-refractivity contribution in [2.24, 2.45) is 0 Å². The van der Waals surface area contributed by atoms with Gasteiger partial charge in [0.2, 0.25) is 0 Å². The van der Waals surface area contributed by atoms with Crippen LogP contribution in [0.5, 0.6) is 0 Å². The molecule has 0 bridgehead atoms. The van der Waals surface area contributed by atoms with Crippen LogP contribution in [0.15, 0.2) is 30.9 Å². The predicted molar refractivity (Wildman–Crippen MR) is 68.8 cm³/mol. The van der Waals surface area contributed by atoms with Crippen molar-refractivity contribution in [3.05, 3.63) is 36.6 Å². The van der Waals surface area contributed by atoms with Crippen molar-refractivity contribution in [2.75, 3.05) is 0 Å². The number of hydrogen-bond acceptors (Lipinski definition) is 5. The molecule has 1 atom stereocenters. The molecule has 2 aromatic heterocycles. The molecular formula is C11H6F3N5O2S. The molecule has 11 heteroatoms. The topological polar surface area (TPSA) is 89.8 Å². The van der Waals surface area contributed by atoms with Gasteiger partial charge in [-0.1, -0.05) is 0 Å². The number of amides is 1. The Morgan fingerprint density at radius 1 is 1.18 bits per heavy atom. The third-order valence-electron chi connectivity index (χ3n) is 2.68. The van der Waals surface area contributed by atoms with Gasteiger partial charge >= 0.3 is 6.18 Å². The molecule has 0 fully saturated rings. The number of rotatable bonds is 2. The van der Waals surface area contributed by atoms with Gasteiger partial charge in [-0.05, 0) is 0 Å². The highest BCUT2D eigenvalue weighted by atomic mass is 32.2. The predicted octanol–water partition coefficient (Wildman–Crippen LogP) is 0.951. The van der Waals surface area contributed by atoms with Gasteiger partial charge in [0.15, 0.2) is 21.7 Å². The van der Waals surface area contributed by atoms with E-state index in [9.17, 15) is 22.2 Å². The minimum Gasteiger partial charge on any atom is -0.269 e. The highest BCUT2D eigenvalue weighted by Gasteiger charge is 2.32. The molecule has 3 heterocycles. The molecule has 0 aromatic carbocycles. The summed E-state index contributed by atoms with van der Waals surface area (Å²) in [7, 11) is -1.72. The number of alkyl halides is 3. The van der Waals surface area contributed by atoms with E-state index in [0.29, 0.717) is 11.8 Å². The quantitative estimate of drug-likeness (QED) is 0.886. The maximum Gasteiger partial charge on any atom is 0.434 e. The lowest BCUT2D eigenvalue weighted by atomic mass is 10.2. The highest BCUT2D eigenvalue weighted by Crippen LogP contribution is 2.27. The van der Waals surface area contributed by atoms with Gasteiger partial charge in [-0.25, -0.2) is 13.9 Å². The van der Waals surface area contributed by atoms with Crippen molar-refractivity contribution in [1.29, 1.82) is 0 Å². The number of carbonyl (C=O) groups is 1. The van der Waals surface area contributed by atoms with Crippen molar-refractivity contribution in [1.82, 2.24) is 24.5 Å². The minimum atomic E-state index is -4.56. The van der Waals surface area contributed by atoms with E-state index < -0.39 is 28.8 Å². The SMILES string of the molecule is O=C1C=C(n2cc(-c3cnc(C(F)(F)F)cn3)cn2)S(=O)N1. The fraction of sp³-hybridized carbons (Fsp3) is 0.0909. The Morgan fingerprint density at radius 3 is 2.50 bits per heavy atom. The van der Waals surface area contributed by atoms with Crippen LogP contribution in [0.2, 0.25) is 0 Å². The summed E-state index contributed by atoms with van der Waals surface area (Å²) < 4.78 is 52.2. The number of halogens is 3. The third-order valence-corrected chi connectivity index (χ3v) is 3.76. The molecule has 22 heavy (non-hydrogen) atoms. The monoisotopic (exact) mass is 329 g/mol. The summed E-state index contributed by atoms with van der Waals surface area (Å²) in [6, 6.07) is 0. The Balaban J connectivity index is 1.90. The molecule has 1 aliphatic heterocycles. The number of hydrogen-bond donors (Lipinski definition) is 1. The lowest BCUT2D eigenvalue weighted by molar-refractivity contribution is -0.141. The first-order valence-corrected chi connectivity index (χ1v) is 6.88. The smallest absolute Gasteiger partial charge is 0.269 e. The molecule has 0 saturated carbocycles. The van der Waals surface area contributed by atoms with Gasteiger partial charge in [0.1, 0.15) is 0 Å². The van der Waals surface area contributed by atoms with E-state index in [0.717, 1.165) is 12.3 Å². The second-order valence-electron chi connectivity index (χ2n) is 4.18. The zero-order chi connectivity index (χ0) is 15.9. The molecule has 1 amide bonds. The van der Waals surface area contributed by atoms with E-state index in [1.165, 1.54) is 17.1 Å². The summed E-state index contributed by atoms with van der Waals surface area (Å²) >= 11 is 0. The summed E-state index contributed by atoms with van der Waals surface area (Å²) in [5.41, 5.74) is -0.556. The molecular weight excluding hydrogens is 323 g/mol. The summed E-state index contributed by atoms with van der Waals surface area (Å²) in [6.07, 6.45) is 0.844. The summed E-state index contributed by atoms with van der Waals surface area (Å²) in [6.45, 7) is 0. The Bertz CT molecular complexity index is 797. The highest BCUT2D eigenvalue weighted by molar-refractivity contribution is 7.93. The van der Waals surface area contributed by atoms with Gasteiger partial charge in [-0.15, -0.1) is 0 Å². The van der Waals surface area contributed by atoms with E-state index in [-0.39, 0.29) is 10.7 Å². The van der Waals surface area contributed by atoms with Crippen molar-refractivity contribution in [3.63, 3.8) is 0 Å². The molecule has 0 radical (unpaired) electrons. The van der Waals surface area contributed by atoms with E-state index in [2.05, 4.69) is 19.8 Å². The first-order chi connectivity index (χ1) is 10.3. The standard InChI is InChI=1S/C11H6F3N5O2S/c12-11(13,14)8-4-15-7(3-16-8)6-2-17-19(5-6)10-1-9(20)18-22(10)21/h1-5H,(H,18,20). The van der Waals surface area contributed by atoms with Crippen LogP contribution in [0.25, 0.3) is 16.3 Å². The van der Waals surface area contributed by atoms with Crippen LogP contribution in [0.4, 0.5) is 13.2 Å². The van der Waals surface area contributed by atoms with Gasteiger partial charge in [-0.2, -0.15) is 18.3 Å². The molecule has 0 aliphatic carbocycles. The molecule has 7 nitrogen and oxygen atoms in total. The molecule has 1 unspecified atom stereocenters. The molecule has 114 valence electrons. The van der Waals surface area contributed by atoms with Crippen LogP contribution in [0.3, 0.4) is 0 Å². The normalized spacial score (nSPS) is 18.2. The number of nitrogens with one attached hydrogen (secondary N) is 1. The maximum atomic E-state index is 12.4. The Morgan fingerprint density at radius 2 is 1.95 bits per heavy atom. The van der Waals surface area contributed by atoms with Crippen molar-refractivity contribution < 1.29 is 22.2 Å². The average Bonchev–Trinajstić information content (AvgIpc) is 3.04. The Hall–Kier alpha value is -2.56. The molecule has 1 aliphatic rings. The van der Waals surface area contributed by atoms with E-state index in [4.69, 9.17) is 0 Å². The second-order valence-corrected chi connectivity index (χ2v) is 5.34. The number of nitrogens with zero attached hydrogens (tertiary/aromatic N) is 4. The lowest BCUT2D eigenvalue weighted by Gasteiger charge is -2.04. The zero-order valence-electron chi connectivity index (χ0n) is 10.5. The fourth-order valence-corrected chi connectivity index (χ4v) is 2.52. The maximum absolute atomic E-state index is 12.4. The van der Waals surface area contributed by atoms with Crippen molar-refractivity contribution in [2.45, 2.75) is 6.18 Å². The third kappa shape index (κ3) is 2.62. The van der Waals surface area contributed by atoms with Crippen LogP contribution in [0, 0.1) is 0 Å². The Labute approximate surface area is 123 Å². The van der Waals surface area contributed by atoms with Gasteiger partial charge in [0.25, 0.3) is 5.91 Å². The summed E-state index contributed by atoms with van der Waals surface area (Å²) in [5, 5.41) is 4.03. The molecule has 0 spiro atoms. The molecule has 3 rings (SSSR count). The number of aromatic nitrogens is 4. The Kier molecular flexibility index (Phi) is 3.28. The molecule has 1 N–H and O–H groups in total. The lowest BCUT2D eigenvalue weighted by Crippen LogP contribution is -2.17. The van der Waals surface area contributed by atoms with Crippen LogP contribution >= 0.6 is 0 Å². The van der Waals surface area contributed by atoms with Crippen molar-refractivity contribution >= 4 is 21.9 Å².